The van der Waals surface area contributed by atoms with Crippen LogP contribution < -0.4 is 0 Å². The molecule has 0 aromatic carbocycles. The molecule has 428 valence electrons. The van der Waals surface area contributed by atoms with E-state index in [1.807, 2.05) is 20.8 Å². The largest absolute Gasteiger partial charge is 0.394 e. The fourth-order valence-electron chi connectivity index (χ4n) is 14.4. The standard InChI is InChI=1S/C51H86O23/c1-20(19-67-45-38(61)35(58)33(56)29(17-52)70-45)9-14-51(6,66)21(2)31-28(54)16-27-25-8-7-23-15-24(10-12-49(23,4)26(25)11-13-50(27,31)5)69-48-43(73-47-40(63)36(59)37(60)44(65)74-47)41(64)42(30(18-53)71-48)72-46-39(62)34(57)32(55)22(3)68-46/h7,20-22,24-48,52-66H,8-19H2,1-6H3/t20-,21+,22?,24?,25-,26+,27+,28?,29?,30?,31+,32+,33-,34+,35+,36+,37-,38?,39?,40?,41+,42-,43?,44?,45-,46+,47-,48-,49+,50+,51?/m1/s1. The van der Waals surface area contributed by atoms with Gasteiger partial charge in [-0.2, -0.15) is 0 Å². The molecule has 0 radical (unpaired) electrons. The third kappa shape index (κ3) is 11.0. The molecule has 8 rings (SSSR count). The molecule has 0 bridgehead atoms. The van der Waals surface area contributed by atoms with Gasteiger partial charge in [-0.25, -0.2) is 0 Å². The Kier molecular flexibility index (Phi) is 18.4. The molecular weight excluding hydrogens is 981 g/mol. The van der Waals surface area contributed by atoms with Crippen LogP contribution in [0.15, 0.2) is 11.6 Å². The number of fused-ring (bicyclic) bond motifs is 5. The quantitative estimate of drug-likeness (QED) is 0.0684. The van der Waals surface area contributed by atoms with Gasteiger partial charge in [-0.3, -0.25) is 0 Å². The molecule has 4 heterocycles. The second kappa shape index (κ2) is 23.1. The van der Waals surface area contributed by atoms with Gasteiger partial charge in [0, 0.05) is 0 Å². The van der Waals surface area contributed by atoms with Gasteiger partial charge in [0.1, 0.15) is 85.5 Å². The van der Waals surface area contributed by atoms with Crippen LogP contribution in [0.4, 0.5) is 0 Å². The van der Waals surface area contributed by atoms with Crippen molar-refractivity contribution in [2.45, 2.75) is 240 Å². The Morgan fingerprint density at radius 3 is 1.95 bits per heavy atom. The maximum Gasteiger partial charge on any atom is 0.189 e. The summed E-state index contributed by atoms with van der Waals surface area (Å²) in [7, 11) is 0. The van der Waals surface area contributed by atoms with Crippen LogP contribution in [0.2, 0.25) is 0 Å². The normalized spacial score (nSPS) is 52.5. The van der Waals surface area contributed by atoms with Crippen LogP contribution >= 0.6 is 0 Å². The first-order valence-corrected chi connectivity index (χ1v) is 26.8. The van der Waals surface area contributed by atoms with Crippen LogP contribution in [-0.2, 0) is 37.9 Å². The van der Waals surface area contributed by atoms with Crippen molar-refractivity contribution < 1.29 is 114 Å². The van der Waals surface area contributed by atoms with Gasteiger partial charge in [-0.1, -0.05) is 39.3 Å². The first-order valence-electron chi connectivity index (χ1n) is 26.8. The van der Waals surface area contributed by atoms with E-state index < -0.39 is 154 Å². The van der Waals surface area contributed by atoms with Crippen LogP contribution in [-0.4, -0.2) is 237 Å². The smallest absolute Gasteiger partial charge is 0.189 e. The Bertz CT molecular complexity index is 1880. The van der Waals surface area contributed by atoms with E-state index in [1.165, 1.54) is 12.5 Å². The van der Waals surface area contributed by atoms with Crippen molar-refractivity contribution in [1.29, 1.82) is 0 Å². The second-order valence-corrected chi connectivity index (χ2v) is 23.9. The van der Waals surface area contributed by atoms with Gasteiger partial charge in [0.2, 0.25) is 0 Å². The molecule has 11 unspecified atom stereocenters. The molecule has 31 atom stereocenters. The molecule has 7 fully saturated rings. The number of ether oxygens (including phenoxy) is 8. The number of hydrogen-bond acceptors (Lipinski definition) is 23. The molecule has 0 spiro atoms. The molecule has 4 saturated heterocycles. The van der Waals surface area contributed by atoms with Gasteiger partial charge in [0.25, 0.3) is 0 Å². The van der Waals surface area contributed by atoms with Crippen LogP contribution in [0.25, 0.3) is 0 Å². The van der Waals surface area contributed by atoms with Gasteiger partial charge in [0.05, 0.1) is 43.7 Å². The van der Waals surface area contributed by atoms with Crippen molar-refractivity contribution in [2.24, 2.45) is 46.3 Å². The predicted octanol–water partition coefficient (Wildman–Crippen LogP) is -3.03. The van der Waals surface area contributed by atoms with Gasteiger partial charge >= 0.3 is 0 Å². The van der Waals surface area contributed by atoms with E-state index in [0.29, 0.717) is 38.5 Å². The van der Waals surface area contributed by atoms with Gasteiger partial charge in [-0.05, 0) is 118 Å². The van der Waals surface area contributed by atoms with E-state index in [-0.39, 0.29) is 52.9 Å². The lowest BCUT2D eigenvalue weighted by molar-refractivity contribution is -0.400. The van der Waals surface area contributed by atoms with Crippen molar-refractivity contribution in [3.05, 3.63) is 11.6 Å². The Balaban J connectivity index is 0.925. The zero-order valence-corrected chi connectivity index (χ0v) is 43.2. The maximum atomic E-state index is 12.1. The summed E-state index contributed by atoms with van der Waals surface area (Å²) >= 11 is 0. The molecule has 4 aliphatic carbocycles. The molecule has 74 heavy (non-hydrogen) atoms. The zero-order chi connectivity index (χ0) is 54.1. The molecule has 4 aliphatic heterocycles. The third-order valence-corrected chi connectivity index (χ3v) is 19.3. The first-order chi connectivity index (χ1) is 34.8. The van der Waals surface area contributed by atoms with E-state index in [9.17, 15) is 76.6 Å². The van der Waals surface area contributed by atoms with Crippen molar-refractivity contribution in [3.63, 3.8) is 0 Å². The summed E-state index contributed by atoms with van der Waals surface area (Å²) in [4.78, 5) is 0. The highest BCUT2D eigenvalue weighted by atomic mass is 16.8. The third-order valence-electron chi connectivity index (χ3n) is 19.3. The summed E-state index contributed by atoms with van der Waals surface area (Å²) < 4.78 is 47.0. The van der Waals surface area contributed by atoms with Crippen molar-refractivity contribution in [3.8, 4) is 0 Å². The molecule has 0 amide bonds. The van der Waals surface area contributed by atoms with E-state index in [2.05, 4.69) is 19.9 Å². The summed E-state index contributed by atoms with van der Waals surface area (Å²) in [5, 5.41) is 160. The molecule has 15 N–H and O–H groups in total. The van der Waals surface area contributed by atoms with Crippen LogP contribution in [0, 0.1) is 46.3 Å². The molecule has 23 nitrogen and oxygen atoms in total. The zero-order valence-electron chi connectivity index (χ0n) is 43.2. The van der Waals surface area contributed by atoms with Gasteiger partial charge < -0.3 is 114 Å². The number of aliphatic hydroxyl groups excluding tert-OH is 14. The van der Waals surface area contributed by atoms with Crippen molar-refractivity contribution >= 4 is 0 Å². The topological polar surface area (TPSA) is 377 Å². The van der Waals surface area contributed by atoms with Crippen LogP contribution in [0.3, 0.4) is 0 Å². The number of aliphatic hydroxyl groups is 15. The second-order valence-electron chi connectivity index (χ2n) is 23.9. The lowest BCUT2D eigenvalue weighted by Crippen LogP contribution is -2.66. The highest BCUT2D eigenvalue weighted by molar-refractivity contribution is 5.26. The minimum atomic E-state index is -1.99. The predicted molar refractivity (Wildman–Crippen MR) is 252 cm³/mol. The monoisotopic (exact) mass is 1070 g/mol. The number of hydrogen-bond donors (Lipinski definition) is 15. The van der Waals surface area contributed by atoms with Gasteiger partial charge in [0.15, 0.2) is 31.5 Å². The van der Waals surface area contributed by atoms with E-state index in [4.69, 9.17) is 37.9 Å². The molecule has 0 aromatic heterocycles. The number of rotatable bonds is 16. The first kappa shape index (κ1) is 59.0. The molecule has 0 aromatic rings. The maximum absolute atomic E-state index is 12.1. The molecule has 8 aliphatic rings. The highest BCUT2D eigenvalue weighted by Crippen LogP contribution is 2.68. The summed E-state index contributed by atoms with van der Waals surface area (Å²) in [5.74, 6) is 0.181. The van der Waals surface area contributed by atoms with Crippen LogP contribution in [0.5, 0.6) is 0 Å². The summed E-state index contributed by atoms with van der Waals surface area (Å²) in [5.41, 5.74) is -0.449. The molecular formula is C51H86O23. The van der Waals surface area contributed by atoms with Crippen LogP contribution in [0.1, 0.15) is 99.3 Å². The summed E-state index contributed by atoms with van der Waals surface area (Å²) in [6.07, 6.45) is -24.8. The minimum absolute atomic E-state index is 0.0972. The lowest BCUT2D eigenvalue weighted by atomic mass is 9.46. The van der Waals surface area contributed by atoms with E-state index >= 15 is 0 Å². The Hall–Kier alpha value is -1.18. The van der Waals surface area contributed by atoms with Crippen molar-refractivity contribution in [2.75, 3.05) is 19.8 Å². The fourth-order valence-corrected chi connectivity index (χ4v) is 14.4. The Labute approximate surface area is 431 Å². The minimum Gasteiger partial charge on any atom is -0.394 e. The fraction of sp³-hybridized carbons (Fsp3) is 0.961. The summed E-state index contributed by atoms with van der Waals surface area (Å²) in [6.45, 7) is 10.6. The average Bonchev–Trinajstić information content (AvgIpc) is 3.64. The van der Waals surface area contributed by atoms with E-state index in [0.717, 1.165) is 19.3 Å². The highest BCUT2D eigenvalue weighted by Gasteiger charge is 2.64. The van der Waals surface area contributed by atoms with E-state index in [1.54, 1.807) is 0 Å². The Morgan fingerprint density at radius 1 is 0.662 bits per heavy atom. The average molecular weight is 1070 g/mol. The van der Waals surface area contributed by atoms with Crippen molar-refractivity contribution in [1.82, 2.24) is 0 Å². The Morgan fingerprint density at radius 2 is 1.27 bits per heavy atom. The number of allylic oxidation sites excluding steroid dienone is 1. The van der Waals surface area contributed by atoms with Gasteiger partial charge in [-0.15, -0.1) is 0 Å². The molecule has 3 saturated carbocycles. The summed E-state index contributed by atoms with van der Waals surface area (Å²) in [6, 6.07) is 0. The lowest BCUT2D eigenvalue weighted by Gasteiger charge is -2.59. The molecule has 23 heteroatoms. The SMILES string of the molecule is CC1O[C@@H](O[C@@H]2C(CO)O[C@@H](OC3CC[C@@]4(C)C(=CC[C@H]5[C@@H]6CC(O)[C@H]([C@H](C)C(C)(O)CC[C@@H](C)CO[C@@H]7OC(CO)[C@@H](O)[C@H](O)C7O)[C@@]6(C)CC[C@@H]54)C3)C(O[C@@H]3OC(O)[C@H](O)[C@H](O)C3O)[C@H]2O)C(O)[C@@H](O)[C@H]1O.